The fraction of sp³-hybridized carbons (Fsp3) is 0.107. The van der Waals surface area contributed by atoms with Gasteiger partial charge in [-0.05, 0) is 53.4 Å². The summed E-state index contributed by atoms with van der Waals surface area (Å²) in [6, 6.07) is 26.6. The Balaban J connectivity index is 1.67. The molecule has 1 amide bonds. The lowest BCUT2D eigenvalue weighted by molar-refractivity contribution is 0.100. The number of benzene rings is 4. The number of hydrogen-bond donors (Lipinski definition) is 4. The van der Waals surface area contributed by atoms with Crippen LogP contribution in [0.25, 0.3) is 32.9 Å². The zero-order valence-electron chi connectivity index (χ0n) is 18.7. The molecule has 0 radical (unpaired) electrons. The lowest BCUT2D eigenvalue weighted by Gasteiger charge is -2.13. The SMILES string of the molecule is CNc1cccc(-c2ccc(C(N)=O)c3[nH]c4cc(NCc5ccccc5)ccc4c23)c1C. The van der Waals surface area contributed by atoms with Gasteiger partial charge in [0.1, 0.15) is 0 Å². The van der Waals surface area contributed by atoms with E-state index in [0.717, 1.165) is 56.4 Å². The Kier molecular flexibility index (Phi) is 5.23. The molecule has 0 unspecified atom stereocenters. The third-order valence-corrected chi connectivity index (χ3v) is 6.25. The third-order valence-electron chi connectivity index (χ3n) is 6.25. The molecule has 33 heavy (non-hydrogen) atoms. The van der Waals surface area contributed by atoms with Crippen molar-refractivity contribution >= 4 is 39.1 Å². The Morgan fingerprint density at radius 2 is 1.76 bits per heavy atom. The van der Waals surface area contributed by atoms with Crippen molar-refractivity contribution in [1.29, 1.82) is 0 Å². The van der Waals surface area contributed by atoms with Crippen LogP contribution in [0.4, 0.5) is 11.4 Å². The topological polar surface area (TPSA) is 82.9 Å². The fourth-order valence-corrected chi connectivity index (χ4v) is 4.55. The summed E-state index contributed by atoms with van der Waals surface area (Å²) < 4.78 is 0. The van der Waals surface area contributed by atoms with E-state index in [4.69, 9.17) is 5.73 Å². The number of amides is 1. The molecule has 164 valence electrons. The summed E-state index contributed by atoms with van der Waals surface area (Å²) >= 11 is 0. The second-order valence-corrected chi connectivity index (χ2v) is 8.23. The summed E-state index contributed by atoms with van der Waals surface area (Å²) in [5.41, 5.74) is 14.6. The lowest BCUT2D eigenvalue weighted by atomic mass is 9.93. The molecule has 0 aliphatic carbocycles. The molecule has 0 saturated heterocycles. The number of H-pyrrole nitrogens is 1. The number of carbonyl (C=O) groups excluding carboxylic acids is 1. The fourth-order valence-electron chi connectivity index (χ4n) is 4.55. The van der Waals surface area contributed by atoms with Gasteiger partial charge in [0.25, 0.3) is 5.91 Å². The van der Waals surface area contributed by atoms with E-state index in [9.17, 15) is 4.79 Å². The number of aromatic nitrogens is 1. The lowest BCUT2D eigenvalue weighted by Crippen LogP contribution is -2.11. The van der Waals surface area contributed by atoms with Gasteiger partial charge in [0, 0.05) is 41.3 Å². The molecule has 1 aromatic heterocycles. The van der Waals surface area contributed by atoms with Gasteiger partial charge < -0.3 is 21.4 Å². The molecule has 0 spiro atoms. The first-order chi connectivity index (χ1) is 16.1. The Labute approximate surface area is 192 Å². The van der Waals surface area contributed by atoms with Gasteiger partial charge in [0.15, 0.2) is 0 Å². The average molecular weight is 435 g/mol. The highest BCUT2D eigenvalue weighted by Crippen LogP contribution is 2.39. The first-order valence-corrected chi connectivity index (χ1v) is 11.0. The van der Waals surface area contributed by atoms with E-state index in [1.165, 1.54) is 5.56 Å². The molecule has 0 saturated carbocycles. The summed E-state index contributed by atoms with van der Waals surface area (Å²) in [6.07, 6.45) is 0. The molecule has 5 rings (SSSR count). The Morgan fingerprint density at radius 1 is 0.939 bits per heavy atom. The largest absolute Gasteiger partial charge is 0.388 e. The smallest absolute Gasteiger partial charge is 0.250 e. The van der Waals surface area contributed by atoms with Gasteiger partial charge in [-0.1, -0.05) is 54.6 Å². The van der Waals surface area contributed by atoms with Crippen LogP contribution in [0.1, 0.15) is 21.5 Å². The van der Waals surface area contributed by atoms with E-state index in [1.54, 1.807) is 0 Å². The molecular weight excluding hydrogens is 408 g/mol. The quantitative estimate of drug-likeness (QED) is 0.263. The van der Waals surface area contributed by atoms with E-state index < -0.39 is 5.91 Å². The number of primary amides is 1. The van der Waals surface area contributed by atoms with Crippen LogP contribution in [0, 0.1) is 6.92 Å². The molecule has 0 aliphatic rings. The van der Waals surface area contributed by atoms with Crippen LogP contribution < -0.4 is 16.4 Å². The molecule has 4 aromatic carbocycles. The van der Waals surface area contributed by atoms with Crippen molar-refractivity contribution in [3.8, 4) is 11.1 Å². The summed E-state index contributed by atoms with van der Waals surface area (Å²) in [5.74, 6) is -0.443. The van der Waals surface area contributed by atoms with Crippen molar-refractivity contribution in [2.24, 2.45) is 5.73 Å². The molecule has 5 heteroatoms. The zero-order chi connectivity index (χ0) is 22.9. The molecule has 0 bridgehead atoms. The highest BCUT2D eigenvalue weighted by atomic mass is 16.1. The van der Waals surface area contributed by atoms with E-state index in [1.807, 2.05) is 43.4 Å². The molecule has 0 atom stereocenters. The number of anilines is 2. The molecule has 0 fully saturated rings. The van der Waals surface area contributed by atoms with Crippen molar-refractivity contribution in [2.45, 2.75) is 13.5 Å². The van der Waals surface area contributed by atoms with Crippen LogP contribution >= 0.6 is 0 Å². The number of nitrogens with two attached hydrogens (primary N) is 1. The maximum absolute atomic E-state index is 12.2. The van der Waals surface area contributed by atoms with E-state index in [2.05, 4.69) is 65.0 Å². The monoisotopic (exact) mass is 434 g/mol. The molecular formula is C28H26N4O. The summed E-state index contributed by atoms with van der Waals surface area (Å²) in [4.78, 5) is 15.7. The number of nitrogens with one attached hydrogen (secondary N) is 3. The van der Waals surface area contributed by atoms with Crippen LogP contribution in [-0.2, 0) is 6.54 Å². The molecule has 1 heterocycles. The minimum absolute atomic E-state index is 0.443. The van der Waals surface area contributed by atoms with Gasteiger partial charge in [-0.3, -0.25) is 4.79 Å². The van der Waals surface area contributed by atoms with Gasteiger partial charge in [0.2, 0.25) is 0 Å². The number of hydrogen-bond acceptors (Lipinski definition) is 3. The van der Waals surface area contributed by atoms with Crippen molar-refractivity contribution in [3.63, 3.8) is 0 Å². The van der Waals surface area contributed by atoms with Gasteiger partial charge in [-0.25, -0.2) is 0 Å². The highest BCUT2D eigenvalue weighted by Gasteiger charge is 2.18. The predicted molar refractivity (Wildman–Crippen MR) is 138 cm³/mol. The molecule has 0 aliphatic heterocycles. The van der Waals surface area contributed by atoms with Crippen LogP contribution in [0.5, 0.6) is 0 Å². The van der Waals surface area contributed by atoms with Crippen LogP contribution in [-0.4, -0.2) is 17.9 Å². The van der Waals surface area contributed by atoms with Crippen molar-refractivity contribution in [3.05, 3.63) is 95.6 Å². The van der Waals surface area contributed by atoms with E-state index in [-0.39, 0.29) is 0 Å². The summed E-state index contributed by atoms with van der Waals surface area (Å²) in [6.45, 7) is 2.84. The van der Waals surface area contributed by atoms with Gasteiger partial charge in [0.05, 0.1) is 11.1 Å². The number of fused-ring (bicyclic) bond motifs is 3. The Morgan fingerprint density at radius 3 is 2.52 bits per heavy atom. The standard InChI is InChI=1S/C28H26N4O/c1-17-20(9-6-10-24(17)30-2)21-13-14-23(28(29)33)27-26(21)22-12-11-19(15-25(22)32-27)31-16-18-7-4-3-5-8-18/h3-15,30-32H,16H2,1-2H3,(H2,29,33). The van der Waals surface area contributed by atoms with Crippen molar-refractivity contribution < 1.29 is 4.79 Å². The number of aromatic amines is 1. The first kappa shape index (κ1) is 20.6. The number of rotatable bonds is 6. The normalized spacial score (nSPS) is 11.1. The zero-order valence-corrected chi connectivity index (χ0v) is 18.7. The van der Waals surface area contributed by atoms with Gasteiger partial charge in [-0.2, -0.15) is 0 Å². The summed E-state index contributed by atoms with van der Waals surface area (Å²) in [7, 11) is 1.92. The van der Waals surface area contributed by atoms with E-state index in [0.29, 0.717) is 5.56 Å². The van der Waals surface area contributed by atoms with Gasteiger partial charge >= 0.3 is 0 Å². The maximum atomic E-state index is 12.2. The van der Waals surface area contributed by atoms with Gasteiger partial charge in [-0.15, -0.1) is 0 Å². The van der Waals surface area contributed by atoms with Crippen molar-refractivity contribution in [2.75, 3.05) is 17.7 Å². The second kappa shape index (κ2) is 8.36. The number of carbonyl (C=O) groups is 1. The van der Waals surface area contributed by atoms with Crippen LogP contribution in [0.3, 0.4) is 0 Å². The summed E-state index contributed by atoms with van der Waals surface area (Å²) in [5, 5.41) is 8.81. The minimum atomic E-state index is -0.443. The Bertz CT molecular complexity index is 1480. The Hall–Kier alpha value is -4.25. The predicted octanol–water partition coefficient (Wildman–Crippen LogP) is 6.05. The van der Waals surface area contributed by atoms with Crippen molar-refractivity contribution in [1.82, 2.24) is 4.98 Å². The average Bonchev–Trinajstić information content (AvgIpc) is 3.22. The third kappa shape index (κ3) is 3.68. The second-order valence-electron chi connectivity index (χ2n) is 8.23. The van der Waals surface area contributed by atoms with E-state index >= 15 is 0 Å². The maximum Gasteiger partial charge on any atom is 0.250 e. The van der Waals surface area contributed by atoms with Crippen LogP contribution in [0.2, 0.25) is 0 Å². The molecule has 5 nitrogen and oxygen atoms in total. The minimum Gasteiger partial charge on any atom is -0.388 e. The molecule has 5 N–H and O–H groups in total. The first-order valence-electron chi connectivity index (χ1n) is 11.0. The molecule has 5 aromatic rings. The highest BCUT2D eigenvalue weighted by molar-refractivity contribution is 6.20. The van der Waals surface area contributed by atoms with Crippen LogP contribution in [0.15, 0.2) is 78.9 Å².